The Hall–Kier alpha value is -1.10. The third-order valence-electron chi connectivity index (χ3n) is 2.92. The summed E-state index contributed by atoms with van der Waals surface area (Å²) in [4.78, 5) is 0. The second-order valence-corrected chi connectivity index (χ2v) is 5.55. The molecule has 0 amide bonds. The fourth-order valence-electron chi connectivity index (χ4n) is 1.94. The monoisotopic (exact) mass is 357 g/mol. The van der Waals surface area contributed by atoms with Gasteiger partial charge in [-0.25, -0.2) is 4.39 Å². The van der Waals surface area contributed by atoms with E-state index in [2.05, 4.69) is 15.9 Å². The lowest BCUT2D eigenvalue weighted by molar-refractivity contribution is 0.340. The molecule has 1 atom stereocenters. The first-order valence-corrected chi connectivity index (χ1v) is 7.32. The molecule has 0 aliphatic rings. The molecule has 0 bridgehead atoms. The van der Waals surface area contributed by atoms with Gasteiger partial charge in [-0.15, -0.1) is 0 Å². The van der Waals surface area contributed by atoms with Crippen LogP contribution < -0.4 is 10.5 Å². The molecule has 0 heterocycles. The zero-order valence-electron chi connectivity index (χ0n) is 10.9. The molecular formula is C15H14BrClFNO. The zero-order valence-corrected chi connectivity index (χ0v) is 13.2. The summed E-state index contributed by atoms with van der Waals surface area (Å²) in [5.41, 5.74) is 7.33. The van der Waals surface area contributed by atoms with E-state index in [1.165, 1.54) is 6.07 Å². The highest BCUT2D eigenvalue weighted by atomic mass is 79.9. The molecule has 5 heteroatoms. The molecule has 0 aromatic heterocycles. The largest absolute Gasteiger partial charge is 0.494 e. The van der Waals surface area contributed by atoms with Gasteiger partial charge in [0.05, 0.1) is 12.6 Å². The molecule has 2 nitrogen and oxygen atoms in total. The van der Waals surface area contributed by atoms with Crippen LogP contribution in [-0.2, 0) is 0 Å². The summed E-state index contributed by atoms with van der Waals surface area (Å²) in [6.07, 6.45) is 0. The maximum absolute atomic E-state index is 13.9. The van der Waals surface area contributed by atoms with Crippen LogP contribution in [-0.4, -0.2) is 6.61 Å². The molecule has 0 saturated heterocycles. The van der Waals surface area contributed by atoms with Gasteiger partial charge < -0.3 is 10.5 Å². The Labute approximate surface area is 130 Å². The second kappa shape index (κ2) is 6.57. The predicted octanol–water partition coefficient (Wildman–Crippen LogP) is 4.69. The number of ether oxygens (including phenoxy) is 1. The molecule has 106 valence electrons. The molecule has 0 saturated carbocycles. The molecule has 20 heavy (non-hydrogen) atoms. The lowest BCUT2D eigenvalue weighted by Crippen LogP contribution is -2.14. The third kappa shape index (κ3) is 3.32. The average molecular weight is 359 g/mol. The molecule has 0 aliphatic heterocycles. The summed E-state index contributed by atoms with van der Waals surface area (Å²) in [5.74, 6) is 0.331. The highest BCUT2D eigenvalue weighted by Gasteiger charge is 2.16. The molecule has 0 fully saturated rings. The number of halogens is 3. The number of hydrogen-bond acceptors (Lipinski definition) is 2. The van der Waals surface area contributed by atoms with Gasteiger partial charge in [0.2, 0.25) is 0 Å². The third-order valence-corrected chi connectivity index (χ3v) is 3.84. The van der Waals surface area contributed by atoms with E-state index >= 15 is 0 Å². The SMILES string of the molecule is CCOc1ccc(C(N)c2ccc(Cl)cc2F)c(Br)c1. The highest BCUT2D eigenvalue weighted by Crippen LogP contribution is 2.31. The van der Waals surface area contributed by atoms with E-state index in [4.69, 9.17) is 22.1 Å². The van der Waals surface area contributed by atoms with Gasteiger partial charge in [-0.3, -0.25) is 0 Å². The van der Waals surface area contributed by atoms with Crippen LogP contribution in [0.2, 0.25) is 5.02 Å². The van der Waals surface area contributed by atoms with Crippen LogP contribution >= 0.6 is 27.5 Å². The van der Waals surface area contributed by atoms with Crippen LogP contribution in [0.3, 0.4) is 0 Å². The Bertz CT molecular complexity index is 621. The number of rotatable bonds is 4. The van der Waals surface area contributed by atoms with Crippen molar-refractivity contribution in [2.75, 3.05) is 6.61 Å². The van der Waals surface area contributed by atoms with Gasteiger partial charge in [-0.2, -0.15) is 0 Å². The Morgan fingerprint density at radius 3 is 2.55 bits per heavy atom. The van der Waals surface area contributed by atoms with Gasteiger partial charge in [0.1, 0.15) is 11.6 Å². The van der Waals surface area contributed by atoms with Crippen molar-refractivity contribution in [1.29, 1.82) is 0 Å². The van der Waals surface area contributed by atoms with Crippen molar-refractivity contribution in [3.63, 3.8) is 0 Å². The van der Waals surface area contributed by atoms with Crippen LogP contribution in [0.4, 0.5) is 4.39 Å². The maximum atomic E-state index is 13.9. The van der Waals surface area contributed by atoms with Gasteiger partial charge >= 0.3 is 0 Å². The summed E-state index contributed by atoms with van der Waals surface area (Å²) < 4.78 is 20.1. The molecule has 2 aromatic carbocycles. The van der Waals surface area contributed by atoms with E-state index in [1.54, 1.807) is 12.1 Å². The van der Waals surface area contributed by atoms with Crippen LogP contribution in [0.5, 0.6) is 5.75 Å². The van der Waals surface area contributed by atoms with E-state index in [1.807, 2.05) is 25.1 Å². The number of benzene rings is 2. The molecule has 1 unspecified atom stereocenters. The lowest BCUT2D eigenvalue weighted by Gasteiger charge is -2.16. The molecule has 0 spiro atoms. The minimum Gasteiger partial charge on any atom is -0.494 e. The first-order chi connectivity index (χ1) is 9.52. The van der Waals surface area contributed by atoms with E-state index in [9.17, 15) is 4.39 Å². The molecule has 2 rings (SSSR count). The van der Waals surface area contributed by atoms with E-state index in [-0.39, 0.29) is 0 Å². The first-order valence-electron chi connectivity index (χ1n) is 6.15. The minimum atomic E-state index is -0.572. The fraction of sp³-hybridized carbons (Fsp3) is 0.200. The summed E-state index contributed by atoms with van der Waals surface area (Å²) in [6, 6.07) is 9.39. The summed E-state index contributed by atoms with van der Waals surface area (Å²) in [5, 5.41) is 0.351. The van der Waals surface area contributed by atoms with Crippen molar-refractivity contribution >= 4 is 27.5 Å². The first kappa shape index (κ1) is 15.3. The van der Waals surface area contributed by atoms with Crippen LogP contribution in [0.25, 0.3) is 0 Å². The molecule has 0 radical (unpaired) electrons. The summed E-state index contributed by atoms with van der Waals surface area (Å²) in [7, 11) is 0. The van der Waals surface area contributed by atoms with Gasteiger partial charge in [0, 0.05) is 15.1 Å². The minimum absolute atomic E-state index is 0.351. The topological polar surface area (TPSA) is 35.2 Å². The van der Waals surface area contributed by atoms with E-state index in [0.29, 0.717) is 17.2 Å². The highest BCUT2D eigenvalue weighted by molar-refractivity contribution is 9.10. The van der Waals surface area contributed by atoms with Crippen molar-refractivity contribution in [2.24, 2.45) is 5.73 Å². The van der Waals surface area contributed by atoms with Crippen molar-refractivity contribution in [2.45, 2.75) is 13.0 Å². The zero-order chi connectivity index (χ0) is 14.7. The van der Waals surface area contributed by atoms with Gasteiger partial charge in [-0.1, -0.05) is 39.7 Å². The van der Waals surface area contributed by atoms with Crippen LogP contribution in [0, 0.1) is 5.82 Å². The Morgan fingerprint density at radius 1 is 1.25 bits per heavy atom. The van der Waals surface area contributed by atoms with Crippen LogP contribution in [0.1, 0.15) is 24.1 Å². The summed E-state index contributed by atoms with van der Waals surface area (Å²) in [6.45, 7) is 2.50. The molecule has 0 aliphatic carbocycles. The quantitative estimate of drug-likeness (QED) is 0.860. The Morgan fingerprint density at radius 2 is 1.95 bits per heavy atom. The van der Waals surface area contributed by atoms with E-state index in [0.717, 1.165) is 15.8 Å². The Kier molecular flexibility index (Phi) is 5.02. The Balaban J connectivity index is 2.35. The van der Waals surface area contributed by atoms with Crippen LogP contribution in [0.15, 0.2) is 40.9 Å². The smallest absolute Gasteiger partial charge is 0.129 e. The van der Waals surface area contributed by atoms with Crippen molar-refractivity contribution in [3.8, 4) is 5.75 Å². The van der Waals surface area contributed by atoms with Crippen molar-refractivity contribution in [3.05, 3.63) is 62.8 Å². The van der Waals surface area contributed by atoms with Gasteiger partial charge in [0.25, 0.3) is 0 Å². The number of nitrogens with two attached hydrogens (primary N) is 1. The van der Waals surface area contributed by atoms with E-state index < -0.39 is 11.9 Å². The van der Waals surface area contributed by atoms with Gasteiger partial charge in [-0.05, 0) is 36.8 Å². The standard InChI is InChI=1S/C15H14BrClFNO/c1-2-20-10-4-6-11(13(16)8-10)15(19)12-5-3-9(17)7-14(12)18/h3-8,15H,2,19H2,1H3. The molecule has 2 aromatic rings. The lowest BCUT2D eigenvalue weighted by atomic mass is 9.99. The second-order valence-electron chi connectivity index (χ2n) is 4.26. The normalized spacial score (nSPS) is 12.2. The van der Waals surface area contributed by atoms with Gasteiger partial charge in [0.15, 0.2) is 0 Å². The number of hydrogen-bond donors (Lipinski definition) is 1. The predicted molar refractivity (Wildman–Crippen MR) is 82.8 cm³/mol. The maximum Gasteiger partial charge on any atom is 0.129 e. The molecular weight excluding hydrogens is 345 g/mol. The van der Waals surface area contributed by atoms with Crippen molar-refractivity contribution in [1.82, 2.24) is 0 Å². The van der Waals surface area contributed by atoms with Crippen molar-refractivity contribution < 1.29 is 9.13 Å². The fourth-order valence-corrected chi connectivity index (χ4v) is 2.70. The summed E-state index contributed by atoms with van der Waals surface area (Å²) >= 11 is 9.19. The molecule has 2 N–H and O–H groups in total. The average Bonchev–Trinajstić information content (AvgIpc) is 2.38.